The number of hydrogen-bond donors (Lipinski definition) is 0. The van der Waals surface area contributed by atoms with Gasteiger partial charge in [0.15, 0.2) is 0 Å². The van der Waals surface area contributed by atoms with Gasteiger partial charge in [0, 0.05) is 5.02 Å². The zero-order valence-corrected chi connectivity index (χ0v) is 10.7. The van der Waals surface area contributed by atoms with Crippen LogP contribution in [0.2, 0.25) is 5.02 Å². The van der Waals surface area contributed by atoms with Crippen LogP contribution in [0, 0.1) is 5.92 Å². The molecule has 3 heteroatoms. The van der Waals surface area contributed by atoms with E-state index < -0.39 is 0 Å². The van der Waals surface area contributed by atoms with Gasteiger partial charge in [-0.3, -0.25) is 0 Å². The van der Waals surface area contributed by atoms with E-state index in [0.29, 0.717) is 16.5 Å². The molecule has 2 nitrogen and oxygen atoms in total. The Balaban J connectivity index is 2.79. The molecule has 0 saturated heterocycles. The molecule has 1 aromatic rings. The molecule has 0 aromatic heterocycles. The van der Waals surface area contributed by atoms with Gasteiger partial charge < -0.3 is 4.74 Å². The molecule has 16 heavy (non-hydrogen) atoms. The van der Waals surface area contributed by atoms with Crippen molar-refractivity contribution < 1.29 is 9.53 Å². The van der Waals surface area contributed by atoms with E-state index in [2.05, 4.69) is 18.6 Å². The summed E-state index contributed by atoms with van der Waals surface area (Å²) in [6, 6.07) is 5.33. The number of halogens is 1. The van der Waals surface area contributed by atoms with Crippen molar-refractivity contribution in [3.63, 3.8) is 0 Å². The summed E-state index contributed by atoms with van der Waals surface area (Å²) in [5.41, 5.74) is 1.59. The van der Waals surface area contributed by atoms with Crippen LogP contribution < -0.4 is 0 Å². The van der Waals surface area contributed by atoms with E-state index in [1.807, 2.05) is 6.07 Å². The lowest BCUT2D eigenvalue weighted by molar-refractivity contribution is 0.0600. The molecule has 88 valence electrons. The average Bonchev–Trinajstić information content (AvgIpc) is 2.26. The fraction of sp³-hybridized carbons (Fsp3) is 0.462. The first-order valence-corrected chi connectivity index (χ1v) is 5.79. The van der Waals surface area contributed by atoms with Crippen molar-refractivity contribution in [1.29, 1.82) is 0 Å². The Bertz CT molecular complexity index is 372. The first kappa shape index (κ1) is 13.0. The summed E-state index contributed by atoms with van der Waals surface area (Å²) in [5.74, 6) is 0.300. The summed E-state index contributed by atoms with van der Waals surface area (Å²) in [4.78, 5) is 11.3. The van der Waals surface area contributed by atoms with E-state index in [1.54, 1.807) is 12.1 Å². The minimum atomic E-state index is -0.350. The van der Waals surface area contributed by atoms with Gasteiger partial charge in [-0.2, -0.15) is 0 Å². The van der Waals surface area contributed by atoms with E-state index in [4.69, 9.17) is 11.6 Å². The quantitative estimate of drug-likeness (QED) is 0.750. The Morgan fingerprint density at radius 1 is 1.44 bits per heavy atom. The molecule has 1 rings (SSSR count). The summed E-state index contributed by atoms with van der Waals surface area (Å²) in [6.07, 6.45) is 2.04. The predicted molar refractivity (Wildman–Crippen MR) is 66.0 cm³/mol. The molecular formula is C13H17ClO2. The van der Waals surface area contributed by atoms with Crippen molar-refractivity contribution in [3.05, 3.63) is 34.3 Å². The van der Waals surface area contributed by atoms with Gasteiger partial charge in [0.1, 0.15) is 0 Å². The number of rotatable bonds is 4. The van der Waals surface area contributed by atoms with E-state index in [-0.39, 0.29) is 5.97 Å². The summed E-state index contributed by atoms with van der Waals surface area (Å²) in [7, 11) is 1.36. The molecule has 0 bridgehead atoms. The Labute approximate surface area is 102 Å². The van der Waals surface area contributed by atoms with E-state index in [1.165, 1.54) is 7.11 Å². The van der Waals surface area contributed by atoms with Gasteiger partial charge in [-0.1, -0.05) is 31.5 Å². The summed E-state index contributed by atoms with van der Waals surface area (Å²) in [5, 5.41) is 0.642. The molecule has 1 aromatic carbocycles. The van der Waals surface area contributed by atoms with Gasteiger partial charge >= 0.3 is 5.97 Å². The van der Waals surface area contributed by atoms with Crippen LogP contribution in [0.4, 0.5) is 0 Å². The number of carbonyl (C=O) groups excluding carboxylic acids is 1. The van der Waals surface area contributed by atoms with Gasteiger partial charge in [0.05, 0.1) is 12.7 Å². The molecule has 0 aliphatic carbocycles. The van der Waals surface area contributed by atoms with Crippen LogP contribution in [0.15, 0.2) is 18.2 Å². The Hall–Kier alpha value is -1.02. The van der Waals surface area contributed by atoms with Crippen molar-refractivity contribution in [2.75, 3.05) is 7.11 Å². The third-order valence-corrected chi connectivity index (χ3v) is 2.82. The second kappa shape index (κ2) is 5.90. The van der Waals surface area contributed by atoms with Gasteiger partial charge in [-0.05, 0) is 36.5 Å². The van der Waals surface area contributed by atoms with E-state index >= 15 is 0 Å². The highest BCUT2D eigenvalue weighted by Gasteiger charge is 2.08. The van der Waals surface area contributed by atoms with E-state index in [0.717, 1.165) is 18.4 Å². The van der Waals surface area contributed by atoms with Crippen LogP contribution in [-0.4, -0.2) is 13.1 Å². The van der Waals surface area contributed by atoms with Crippen LogP contribution in [0.1, 0.15) is 36.2 Å². The second-order valence-electron chi connectivity index (χ2n) is 4.23. The molecule has 0 saturated carbocycles. The first-order valence-electron chi connectivity index (χ1n) is 5.41. The van der Waals surface area contributed by atoms with Crippen molar-refractivity contribution in [2.24, 2.45) is 5.92 Å². The lowest BCUT2D eigenvalue weighted by Gasteiger charge is -2.08. The highest BCUT2D eigenvalue weighted by Crippen LogP contribution is 2.21. The smallest absolute Gasteiger partial charge is 0.337 e. The zero-order chi connectivity index (χ0) is 12.1. The SMILES string of the molecule is COC(=O)c1ccc(CCC(C)C)c(Cl)c1. The molecule has 0 heterocycles. The number of aryl methyl sites for hydroxylation is 1. The molecule has 0 N–H and O–H groups in total. The van der Waals surface area contributed by atoms with Gasteiger partial charge in [0.25, 0.3) is 0 Å². The fourth-order valence-electron chi connectivity index (χ4n) is 1.44. The topological polar surface area (TPSA) is 26.3 Å². The fourth-order valence-corrected chi connectivity index (χ4v) is 1.71. The normalized spacial score (nSPS) is 10.6. The number of esters is 1. The molecule has 0 aliphatic heterocycles. The largest absolute Gasteiger partial charge is 0.465 e. The summed E-state index contributed by atoms with van der Waals surface area (Å²) in [6.45, 7) is 4.35. The van der Waals surface area contributed by atoms with Crippen LogP contribution in [0.3, 0.4) is 0 Å². The van der Waals surface area contributed by atoms with Crippen LogP contribution in [0.5, 0.6) is 0 Å². The first-order chi connectivity index (χ1) is 7.54. The maximum atomic E-state index is 11.3. The minimum absolute atomic E-state index is 0.350. The van der Waals surface area contributed by atoms with Crippen LogP contribution >= 0.6 is 11.6 Å². The van der Waals surface area contributed by atoms with Gasteiger partial charge in [-0.15, -0.1) is 0 Å². The molecular weight excluding hydrogens is 224 g/mol. The third kappa shape index (κ3) is 3.53. The standard InChI is InChI=1S/C13H17ClO2/c1-9(2)4-5-10-6-7-11(8-12(10)14)13(15)16-3/h6-9H,4-5H2,1-3H3. The molecule has 0 spiro atoms. The maximum absolute atomic E-state index is 11.3. The van der Waals surface area contributed by atoms with Crippen LogP contribution in [0.25, 0.3) is 0 Å². The van der Waals surface area contributed by atoms with E-state index in [9.17, 15) is 4.79 Å². The minimum Gasteiger partial charge on any atom is -0.465 e. The number of ether oxygens (including phenoxy) is 1. The third-order valence-electron chi connectivity index (χ3n) is 2.47. The van der Waals surface area contributed by atoms with Crippen molar-refractivity contribution in [3.8, 4) is 0 Å². The summed E-state index contributed by atoms with van der Waals surface area (Å²) < 4.78 is 4.63. The Morgan fingerprint density at radius 3 is 2.62 bits per heavy atom. The molecule has 0 radical (unpaired) electrons. The van der Waals surface area contributed by atoms with Gasteiger partial charge in [0.2, 0.25) is 0 Å². The number of carbonyl (C=O) groups is 1. The molecule has 0 fully saturated rings. The zero-order valence-electron chi connectivity index (χ0n) is 9.92. The summed E-state index contributed by atoms with van der Waals surface area (Å²) >= 11 is 6.11. The van der Waals surface area contributed by atoms with Crippen LogP contribution in [-0.2, 0) is 11.2 Å². The highest BCUT2D eigenvalue weighted by molar-refractivity contribution is 6.31. The molecule has 0 aliphatic rings. The van der Waals surface area contributed by atoms with Crippen molar-refractivity contribution in [2.45, 2.75) is 26.7 Å². The molecule has 0 atom stereocenters. The van der Waals surface area contributed by atoms with Gasteiger partial charge in [-0.25, -0.2) is 4.79 Å². The van der Waals surface area contributed by atoms with Crippen molar-refractivity contribution in [1.82, 2.24) is 0 Å². The molecule has 0 unspecified atom stereocenters. The second-order valence-corrected chi connectivity index (χ2v) is 4.64. The lowest BCUT2D eigenvalue weighted by atomic mass is 10.0. The number of benzene rings is 1. The average molecular weight is 241 g/mol. The Morgan fingerprint density at radius 2 is 2.12 bits per heavy atom. The Kier molecular flexibility index (Phi) is 4.81. The molecule has 0 amide bonds. The highest BCUT2D eigenvalue weighted by atomic mass is 35.5. The monoisotopic (exact) mass is 240 g/mol. The predicted octanol–water partition coefficient (Wildman–Crippen LogP) is 3.72. The lowest BCUT2D eigenvalue weighted by Crippen LogP contribution is -2.02. The number of methoxy groups -OCH3 is 1. The number of hydrogen-bond acceptors (Lipinski definition) is 2. The van der Waals surface area contributed by atoms with Crippen molar-refractivity contribution >= 4 is 17.6 Å². The maximum Gasteiger partial charge on any atom is 0.337 e.